The van der Waals surface area contributed by atoms with Gasteiger partial charge in [0.05, 0.1) is 11.9 Å². The first kappa shape index (κ1) is 9.09. The molecule has 0 fully saturated rings. The number of Topliss-reactive ketones (excluding diaryl/α,β-unsaturated/α-hetero) is 1. The third-order valence-corrected chi connectivity index (χ3v) is 3.59. The third-order valence-electron chi connectivity index (χ3n) is 2.63. The summed E-state index contributed by atoms with van der Waals surface area (Å²) in [7, 11) is 2.04. The van der Waals surface area contributed by atoms with Crippen LogP contribution < -0.4 is 5.32 Å². The van der Waals surface area contributed by atoms with Crippen LogP contribution in [0, 0.1) is 0 Å². The van der Waals surface area contributed by atoms with Crippen molar-refractivity contribution in [2.45, 2.75) is 13.1 Å². The molecule has 3 nitrogen and oxygen atoms in total. The second-order valence-corrected chi connectivity index (χ2v) is 4.59. The molecule has 0 saturated carbocycles. The lowest BCUT2D eigenvalue weighted by Crippen LogP contribution is -2.49. The number of thioether (sulfide) groups is 1. The molecule has 1 unspecified atom stereocenters. The first-order valence-corrected chi connectivity index (χ1v) is 5.63. The first-order chi connectivity index (χ1) is 6.18. The minimum absolute atomic E-state index is 0.303. The molecule has 0 aromatic carbocycles. The van der Waals surface area contributed by atoms with Crippen molar-refractivity contribution in [3.63, 3.8) is 0 Å². The number of rotatable bonds is 0. The molecule has 0 aliphatic carbocycles. The van der Waals surface area contributed by atoms with E-state index >= 15 is 0 Å². The molecular formula is C9H14N2OS. The van der Waals surface area contributed by atoms with Gasteiger partial charge in [-0.2, -0.15) is 0 Å². The molecular weight excluding hydrogens is 184 g/mol. The average molecular weight is 198 g/mol. The van der Waals surface area contributed by atoms with Crippen LogP contribution in [0.5, 0.6) is 0 Å². The zero-order valence-electron chi connectivity index (χ0n) is 7.96. The van der Waals surface area contributed by atoms with Gasteiger partial charge in [-0.25, -0.2) is 0 Å². The second kappa shape index (κ2) is 3.35. The van der Waals surface area contributed by atoms with Gasteiger partial charge in [0.25, 0.3) is 0 Å². The molecule has 2 aliphatic rings. The standard InChI is InChI=1S/C9H14N2OS/c1-6-10-8-4-13-5-9(12)7(8)3-11(6)2/h6,10H,3-5H2,1-2H3. The highest BCUT2D eigenvalue weighted by Crippen LogP contribution is 2.23. The third kappa shape index (κ3) is 1.60. The fraction of sp³-hybridized carbons (Fsp3) is 0.667. The van der Waals surface area contributed by atoms with E-state index in [0.717, 1.165) is 23.6 Å². The predicted octanol–water partition coefficient (Wildman–Crippen LogP) is 0.437. The van der Waals surface area contributed by atoms with Crippen molar-refractivity contribution in [2.75, 3.05) is 25.1 Å². The zero-order chi connectivity index (χ0) is 9.42. The second-order valence-electron chi connectivity index (χ2n) is 3.61. The van der Waals surface area contributed by atoms with Crippen LogP contribution >= 0.6 is 11.8 Å². The largest absolute Gasteiger partial charge is 0.372 e. The summed E-state index contributed by atoms with van der Waals surface area (Å²) < 4.78 is 0. The van der Waals surface area contributed by atoms with Crippen molar-refractivity contribution in [3.05, 3.63) is 11.3 Å². The van der Waals surface area contributed by atoms with Crippen molar-refractivity contribution in [2.24, 2.45) is 0 Å². The summed E-state index contributed by atoms with van der Waals surface area (Å²) in [5.41, 5.74) is 2.16. The van der Waals surface area contributed by atoms with Crippen LogP contribution in [-0.4, -0.2) is 41.9 Å². The SMILES string of the molecule is CC1NC2=C(CN1C)C(=O)CSC2. The zero-order valence-corrected chi connectivity index (χ0v) is 8.78. The van der Waals surface area contributed by atoms with Crippen LogP contribution in [0.4, 0.5) is 0 Å². The van der Waals surface area contributed by atoms with Crippen LogP contribution in [0.15, 0.2) is 11.3 Å². The molecule has 13 heavy (non-hydrogen) atoms. The topological polar surface area (TPSA) is 32.3 Å². The van der Waals surface area contributed by atoms with E-state index in [2.05, 4.69) is 17.1 Å². The van der Waals surface area contributed by atoms with Gasteiger partial charge in [-0.15, -0.1) is 11.8 Å². The highest BCUT2D eigenvalue weighted by Gasteiger charge is 2.28. The van der Waals surface area contributed by atoms with Gasteiger partial charge >= 0.3 is 0 Å². The number of carbonyl (C=O) groups excluding carboxylic acids is 1. The van der Waals surface area contributed by atoms with Gasteiger partial charge < -0.3 is 5.32 Å². The maximum Gasteiger partial charge on any atom is 0.171 e. The molecule has 2 rings (SSSR count). The Hall–Kier alpha value is -0.480. The van der Waals surface area contributed by atoms with Crippen molar-refractivity contribution < 1.29 is 4.79 Å². The minimum Gasteiger partial charge on any atom is -0.372 e. The van der Waals surface area contributed by atoms with E-state index in [-0.39, 0.29) is 0 Å². The lowest BCUT2D eigenvalue weighted by atomic mass is 10.1. The van der Waals surface area contributed by atoms with E-state index in [1.165, 1.54) is 0 Å². The molecule has 2 aliphatic heterocycles. The van der Waals surface area contributed by atoms with Gasteiger partial charge in [0.1, 0.15) is 0 Å². The van der Waals surface area contributed by atoms with Crippen molar-refractivity contribution in [1.82, 2.24) is 10.2 Å². The van der Waals surface area contributed by atoms with Crippen LogP contribution in [-0.2, 0) is 4.79 Å². The van der Waals surface area contributed by atoms with Crippen LogP contribution in [0.25, 0.3) is 0 Å². The molecule has 2 heterocycles. The Balaban J connectivity index is 2.26. The summed E-state index contributed by atoms with van der Waals surface area (Å²) in [5.74, 6) is 1.93. The van der Waals surface area contributed by atoms with Gasteiger partial charge in [0, 0.05) is 23.6 Å². The van der Waals surface area contributed by atoms with Gasteiger partial charge in [-0.3, -0.25) is 9.69 Å². The molecule has 1 N–H and O–H groups in total. The van der Waals surface area contributed by atoms with E-state index in [1.54, 1.807) is 11.8 Å². The number of carbonyl (C=O) groups is 1. The van der Waals surface area contributed by atoms with E-state index in [9.17, 15) is 4.79 Å². The highest BCUT2D eigenvalue weighted by molar-refractivity contribution is 8.00. The van der Waals surface area contributed by atoms with Gasteiger partial charge in [-0.1, -0.05) is 0 Å². The Morgan fingerprint density at radius 3 is 3.08 bits per heavy atom. The number of nitrogens with one attached hydrogen (secondary N) is 1. The summed E-state index contributed by atoms with van der Waals surface area (Å²) in [6.45, 7) is 2.93. The number of hydrogen-bond acceptors (Lipinski definition) is 4. The van der Waals surface area contributed by atoms with Crippen LogP contribution in [0.2, 0.25) is 0 Å². The molecule has 72 valence electrons. The molecule has 0 saturated heterocycles. The summed E-state index contributed by atoms with van der Waals surface area (Å²) >= 11 is 1.70. The maximum absolute atomic E-state index is 11.5. The summed E-state index contributed by atoms with van der Waals surface area (Å²) in [6, 6.07) is 0. The summed E-state index contributed by atoms with van der Waals surface area (Å²) in [6.07, 6.45) is 0.352. The molecule has 0 aromatic rings. The Morgan fingerprint density at radius 1 is 1.54 bits per heavy atom. The van der Waals surface area contributed by atoms with Crippen LogP contribution in [0.1, 0.15) is 6.92 Å². The first-order valence-electron chi connectivity index (χ1n) is 4.48. The van der Waals surface area contributed by atoms with Crippen molar-refractivity contribution >= 4 is 17.5 Å². The maximum atomic E-state index is 11.5. The average Bonchev–Trinajstić information content (AvgIpc) is 2.09. The Labute approximate surface area is 82.6 Å². The minimum atomic E-state index is 0.303. The molecule has 4 heteroatoms. The number of ketones is 1. The normalized spacial score (nSPS) is 30.0. The van der Waals surface area contributed by atoms with Gasteiger partial charge in [-0.05, 0) is 14.0 Å². The van der Waals surface area contributed by atoms with E-state index in [1.807, 2.05) is 7.05 Å². The number of nitrogens with zero attached hydrogens (tertiary/aromatic N) is 1. The fourth-order valence-electron chi connectivity index (χ4n) is 1.65. The fourth-order valence-corrected chi connectivity index (χ4v) is 2.57. The van der Waals surface area contributed by atoms with Gasteiger partial charge in [0.2, 0.25) is 0 Å². The molecule has 0 bridgehead atoms. The lowest BCUT2D eigenvalue weighted by molar-refractivity contribution is -0.113. The number of likely N-dealkylation sites (N-methyl/N-ethyl adjacent to an activating group) is 1. The smallest absolute Gasteiger partial charge is 0.171 e. The van der Waals surface area contributed by atoms with E-state index in [4.69, 9.17) is 0 Å². The molecule has 0 aromatic heterocycles. The summed E-state index contributed by atoms with van der Waals surface area (Å²) in [4.78, 5) is 13.7. The Kier molecular flexibility index (Phi) is 2.34. The summed E-state index contributed by atoms with van der Waals surface area (Å²) in [5, 5.41) is 3.36. The van der Waals surface area contributed by atoms with E-state index < -0.39 is 0 Å². The highest BCUT2D eigenvalue weighted by atomic mass is 32.2. The van der Waals surface area contributed by atoms with Crippen molar-refractivity contribution in [1.29, 1.82) is 0 Å². The quantitative estimate of drug-likeness (QED) is 0.612. The lowest BCUT2D eigenvalue weighted by Gasteiger charge is -2.36. The Bertz CT molecular complexity index is 275. The predicted molar refractivity (Wildman–Crippen MR) is 54.6 cm³/mol. The number of hydrogen-bond donors (Lipinski definition) is 1. The van der Waals surface area contributed by atoms with Crippen LogP contribution in [0.3, 0.4) is 0 Å². The van der Waals surface area contributed by atoms with E-state index in [0.29, 0.717) is 17.7 Å². The molecule has 0 spiro atoms. The molecule has 1 atom stereocenters. The van der Waals surface area contributed by atoms with Crippen molar-refractivity contribution in [3.8, 4) is 0 Å². The Morgan fingerprint density at radius 2 is 2.31 bits per heavy atom. The van der Waals surface area contributed by atoms with Gasteiger partial charge in [0.15, 0.2) is 5.78 Å². The molecule has 0 radical (unpaired) electrons. The molecule has 0 amide bonds. The monoisotopic (exact) mass is 198 g/mol.